The summed E-state index contributed by atoms with van der Waals surface area (Å²) in [6, 6.07) is 0. The standard InChI is InChI=1S/C13H22N4O/c1-4-13(5-6-13)7-15-12(18)11-9(14)10(8(2)3)16-17-11/h8H,4-7,14H2,1-3H3,(H,15,18)(H,16,17). The minimum absolute atomic E-state index is 0.171. The summed E-state index contributed by atoms with van der Waals surface area (Å²) in [4.78, 5) is 12.0. The fraction of sp³-hybridized carbons (Fsp3) is 0.692. The summed E-state index contributed by atoms with van der Waals surface area (Å²) in [5, 5.41) is 9.81. The smallest absolute Gasteiger partial charge is 0.273 e. The molecular formula is C13H22N4O. The Hall–Kier alpha value is -1.52. The summed E-state index contributed by atoms with van der Waals surface area (Å²) < 4.78 is 0. The van der Waals surface area contributed by atoms with Crippen LogP contribution in [0.3, 0.4) is 0 Å². The van der Waals surface area contributed by atoms with Crippen LogP contribution in [0.1, 0.15) is 62.1 Å². The van der Waals surface area contributed by atoms with E-state index >= 15 is 0 Å². The van der Waals surface area contributed by atoms with Crippen molar-refractivity contribution in [3.63, 3.8) is 0 Å². The van der Waals surface area contributed by atoms with E-state index in [0.29, 0.717) is 16.8 Å². The van der Waals surface area contributed by atoms with Crippen molar-refractivity contribution >= 4 is 11.6 Å². The number of H-pyrrole nitrogens is 1. The van der Waals surface area contributed by atoms with Gasteiger partial charge in [-0.15, -0.1) is 0 Å². The highest BCUT2D eigenvalue weighted by Gasteiger charge is 2.40. The third-order valence-corrected chi connectivity index (χ3v) is 3.96. The predicted octanol–water partition coefficient (Wildman–Crippen LogP) is 2.04. The summed E-state index contributed by atoms with van der Waals surface area (Å²) in [5.74, 6) is 0.0693. The number of aromatic amines is 1. The van der Waals surface area contributed by atoms with E-state index in [2.05, 4.69) is 22.4 Å². The summed E-state index contributed by atoms with van der Waals surface area (Å²) in [6.45, 7) is 6.92. The Labute approximate surface area is 108 Å². The van der Waals surface area contributed by atoms with Gasteiger partial charge in [0.25, 0.3) is 5.91 Å². The Morgan fingerprint density at radius 1 is 1.56 bits per heavy atom. The molecule has 1 saturated carbocycles. The van der Waals surface area contributed by atoms with E-state index in [-0.39, 0.29) is 11.8 Å². The number of aromatic nitrogens is 2. The van der Waals surface area contributed by atoms with E-state index in [1.54, 1.807) is 0 Å². The largest absolute Gasteiger partial charge is 0.395 e. The van der Waals surface area contributed by atoms with E-state index in [0.717, 1.165) is 18.7 Å². The maximum absolute atomic E-state index is 12.0. The van der Waals surface area contributed by atoms with Crippen molar-refractivity contribution in [2.24, 2.45) is 5.41 Å². The topological polar surface area (TPSA) is 83.8 Å². The maximum atomic E-state index is 12.0. The van der Waals surface area contributed by atoms with Gasteiger partial charge in [-0.25, -0.2) is 0 Å². The first-order chi connectivity index (χ1) is 8.49. The van der Waals surface area contributed by atoms with Crippen molar-refractivity contribution in [1.82, 2.24) is 15.5 Å². The van der Waals surface area contributed by atoms with Crippen LogP contribution in [-0.4, -0.2) is 22.6 Å². The van der Waals surface area contributed by atoms with E-state index in [9.17, 15) is 4.79 Å². The van der Waals surface area contributed by atoms with Crippen molar-refractivity contribution < 1.29 is 4.79 Å². The number of carbonyl (C=O) groups is 1. The highest BCUT2D eigenvalue weighted by atomic mass is 16.1. The molecule has 0 aliphatic heterocycles. The number of anilines is 1. The van der Waals surface area contributed by atoms with Gasteiger partial charge < -0.3 is 11.1 Å². The molecule has 0 saturated heterocycles. The Morgan fingerprint density at radius 3 is 2.67 bits per heavy atom. The van der Waals surface area contributed by atoms with Crippen molar-refractivity contribution in [3.8, 4) is 0 Å². The third kappa shape index (κ3) is 2.35. The number of nitrogens with one attached hydrogen (secondary N) is 2. The molecule has 0 spiro atoms. The number of carbonyl (C=O) groups excluding carboxylic acids is 1. The van der Waals surface area contributed by atoms with E-state index in [1.165, 1.54) is 12.8 Å². The van der Waals surface area contributed by atoms with E-state index in [1.807, 2.05) is 13.8 Å². The highest BCUT2D eigenvalue weighted by Crippen LogP contribution is 2.47. The van der Waals surface area contributed by atoms with Gasteiger partial charge in [0.1, 0.15) is 0 Å². The number of amides is 1. The molecule has 5 heteroatoms. The molecule has 1 amide bonds. The molecule has 2 rings (SSSR count). The first-order valence-electron chi connectivity index (χ1n) is 6.61. The quantitative estimate of drug-likeness (QED) is 0.747. The second kappa shape index (κ2) is 4.63. The van der Waals surface area contributed by atoms with Crippen molar-refractivity contribution in [2.45, 2.75) is 46.0 Å². The van der Waals surface area contributed by atoms with Gasteiger partial charge in [-0.05, 0) is 30.6 Å². The number of nitrogens with zero attached hydrogens (tertiary/aromatic N) is 1. The fourth-order valence-electron chi connectivity index (χ4n) is 2.16. The summed E-state index contributed by atoms with van der Waals surface area (Å²) in [5.41, 5.74) is 7.90. The Kier molecular flexibility index (Phi) is 3.32. The van der Waals surface area contributed by atoms with Crippen LogP contribution in [0.4, 0.5) is 5.69 Å². The highest BCUT2D eigenvalue weighted by molar-refractivity contribution is 5.97. The molecule has 4 N–H and O–H groups in total. The Balaban J connectivity index is 2.01. The first kappa shape index (κ1) is 12.9. The molecular weight excluding hydrogens is 228 g/mol. The van der Waals surface area contributed by atoms with Crippen LogP contribution in [-0.2, 0) is 0 Å². The average Bonchev–Trinajstić information content (AvgIpc) is 3.02. The lowest BCUT2D eigenvalue weighted by Gasteiger charge is -2.12. The number of rotatable bonds is 5. The maximum Gasteiger partial charge on any atom is 0.273 e. The Bertz CT molecular complexity index is 446. The third-order valence-electron chi connectivity index (χ3n) is 3.96. The second-order valence-corrected chi connectivity index (χ2v) is 5.59. The van der Waals surface area contributed by atoms with Gasteiger partial charge in [0.15, 0.2) is 5.69 Å². The molecule has 0 bridgehead atoms. The average molecular weight is 250 g/mol. The molecule has 100 valence electrons. The molecule has 0 radical (unpaired) electrons. The summed E-state index contributed by atoms with van der Waals surface area (Å²) >= 11 is 0. The number of hydrogen-bond acceptors (Lipinski definition) is 3. The predicted molar refractivity (Wildman–Crippen MR) is 71.4 cm³/mol. The lowest BCUT2D eigenvalue weighted by molar-refractivity contribution is 0.0940. The van der Waals surface area contributed by atoms with Crippen molar-refractivity contribution in [2.75, 3.05) is 12.3 Å². The first-order valence-corrected chi connectivity index (χ1v) is 6.61. The van der Waals surface area contributed by atoms with Crippen LogP contribution >= 0.6 is 0 Å². The molecule has 1 aliphatic rings. The minimum Gasteiger partial charge on any atom is -0.395 e. The molecule has 1 fully saturated rings. The summed E-state index contributed by atoms with van der Waals surface area (Å²) in [7, 11) is 0. The van der Waals surface area contributed by atoms with E-state index < -0.39 is 0 Å². The van der Waals surface area contributed by atoms with Gasteiger partial charge in [0, 0.05) is 6.54 Å². The molecule has 0 unspecified atom stereocenters. The van der Waals surface area contributed by atoms with Gasteiger partial charge in [0.05, 0.1) is 11.4 Å². The van der Waals surface area contributed by atoms with Crippen LogP contribution in [0.5, 0.6) is 0 Å². The second-order valence-electron chi connectivity index (χ2n) is 5.59. The molecule has 1 aromatic rings. The molecule has 0 aromatic carbocycles. The zero-order valence-corrected chi connectivity index (χ0v) is 11.3. The van der Waals surface area contributed by atoms with Gasteiger partial charge in [0.2, 0.25) is 0 Å². The van der Waals surface area contributed by atoms with E-state index in [4.69, 9.17) is 5.73 Å². The van der Waals surface area contributed by atoms with Crippen LogP contribution in [0, 0.1) is 5.41 Å². The molecule has 1 aliphatic carbocycles. The molecule has 18 heavy (non-hydrogen) atoms. The monoisotopic (exact) mass is 250 g/mol. The number of nitrogen functional groups attached to an aromatic ring is 1. The van der Waals surface area contributed by atoms with Gasteiger partial charge in [-0.2, -0.15) is 5.10 Å². The molecule has 1 heterocycles. The number of nitrogens with two attached hydrogens (primary N) is 1. The van der Waals surface area contributed by atoms with Crippen molar-refractivity contribution in [1.29, 1.82) is 0 Å². The lowest BCUT2D eigenvalue weighted by atomic mass is 10.0. The number of hydrogen-bond donors (Lipinski definition) is 3. The van der Waals surface area contributed by atoms with Crippen LogP contribution in [0.2, 0.25) is 0 Å². The minimum atomic E-state index is -0.171. The van der Waals surface area contributed by atoms with Gasteiger partial charge in [-0.1, -0.05) is 20.8 Å². The van der Waals surface area contributed by atoms with Gasteiger partial charge >= 0.3 is 0 Å². The summed E-state index contributed by atoms with van der Waals surface area (Å²) in [6.07, 6.45) is 3.52. The zero-order valence-electron chi connectivity index (χ0n) is 11.3. The SMILES string of the molecule is CCC1(CNC(=O)c2n[nH]c(C(C)C)c2N)CC1. The molecule has 5 nitrogen and oxygen atoms in total. The van der Waals surface area contributed by atoms with Gasteiger partial charge in [-0.3, -0.25) is 9.89 Å². The fourth-order valence-corrected chi connectivity index (χ4v) is 2.16. The van der Waals surface area contributed by atoms with Crippen LogP contribution in [0.25, 0.3) is 0 Å². The zero-order chi connectivity index (χ0) is 13.3. The lowest BCUT2D eigenvalue weighted by Crippen LogP contribution is -2.30. The van der Waals surface area contributed by atoms with Crippen LogP contribution in [0.15, 0.2) is 0 Å². The normalized spacial score (nSPS) is 16.9. The molecule has 1 aromatic heterocycles. The van der Waals surface area contributed by atoms with Crippen LogP contribution < -0.4 is 11.1 Å². The Morgan fingerprint density at radius 2 is 2.22 bits per heavy atom. The molecule has 0 atom stereocenters. The van der Waals surface area contributed by atoms with Crippen molar-refractivity contribution in [3.05, 3.63) is 11.4 Å².